The molecule has 0 N–H and O–H groups in total. The van der Waals surface area contributed by atoms with E-state index in [4.69, 9.17) is 13.9 Å². The van der Waals surface area contributed by atoms with Crippen LogP contribution in [-0.2, 0) is 6.42 Å². The van der Waals surface area contributed by atoms with Crippen LogP contribution in [0, 0.1) is 0 Å². The van der Waals surface area contributed by atoms with E-state index >= 15 is 0 Å². The fraction of sp³-hybridized carbons (Fsp3) is 0.150. The number of carbonyl (C=O) groups is 1. The minimum atomic E-state index is -0.0762. The summed E-state index contributed by atoms with van der Waals surface area (Å²) < 4.78 is 17.9. The van der Waals surface area contributed by atoms with Gasteiger partial charge in [0.2, 0.25) is 0 Å². The molecular weight excluding hydrogens is 346 g/mol. The number of hydrogen-bond donors (Lipinski definition) is 0. The molecule has 0 saturated carbocycles. The molecule has 4 heterocycles. The molecule has 7 nitrogen and oxygen atoms in total. The number of furan rings is 1. The Morgan fingerprint density at radius 2 is 1.96 bits per heavy atom. The van der Waals surface area contributed by atoms with Crippen LogP contribution in [0.5, 0.6) is 11.5 Å². The van der Waals surface area contributed by atoms with Gasteiger partial charge in [-0.25, -0.2) is 9.50 Å². The maximum atomic E-state index is 12.7. The van der Waals surface area contributed by atoms with E-state index in [2.05, 4.69) is 10.1 Å². The highest BCUT2D eigenvalue weighted by atomic mass is 16.6. The number of benzene rings is 1. The van der Waals surface area contributed by atoms with Crippen molar-refractivity contribution in [3.8, 4) is 22.8 Å². The number of hydrogen-bond acceptors (Lipinski definition) is 6. The van der Waals surface area contributed by atoms with E-state index in [0.717, 1.165) is 11.3 Å². The van der Waals surface area contributed by atoms with Crippen LogP contribution in [0.4, 0.5) is 0 Å². The molecule has 0 bridgehead atoms. The molecule has 5 rings (SSSR count). The first-order chi connectivity index (χ1) is 13.3. The molecule has 0 radical (unpaired) electrons. The Morgan fingerprint density at radius 1 is 1.07 bits per heavy atom. The summed E-state index contributed by atoms with van der Waals surface area (Å²) in [6.07, 6.45) is 3.36. The maximum Gasteiger partial charge on any atom is 0.170 e. The van der Waals surface area contributed by atoms with Crippen molar-refractivity contribution >= 4 is 11.4 Å². The summed E-state index contributed by atoms with van der Waals surface area (Å²) in [4.78, 5) is 17.2. The van der Waals surface area contributed by atoms with Crippen LogP contribution < -0.4 is 9.47 Å². The first-order valence-corrected chi connectivity index (χ1v) is 8.58. The molecule has 1 aromatic carbocycles. The summed E-state index contributed by atoms with van der Waals surface area (Å²) in [5.41, 5.74) is 2.98. The van der Waals surface area contributed by atoms with Crippen LogP contribution in [0.2, 0.25) is 0 Å². The Hall–Kier alpha value is -3.61. The van der Waals surface area contributed by atoms with E-state index < -0.39 is 0 Å². The lowest BCUT2D eigenvalue weighted by atomic mass is 10.1. The first kappa shape index (κ1) is 15.6. The molecule has 0 unspecified atom stereocenters. The molecule has 0 fully saturated rings. The molecule has 4 aromatic rings. The van der Waals surface area contributed by atoms with Gasteiger partial charge in [-0.1, -0.05) is 6.07 Å². The Balaban J connectivity index is 1.45. The predicted molar refractivity (Wildman–Crippen MR) is 96.2 cm³/mol. The molecular formula is C20H15N3O4. The number of ketones is 1. The van der Waals surface area contributed by atoms with Gasteiger partial charge in [-0.05, 0) is 36.4 Å². The quantitative estimate of drug-likeness (QED) is 0.520. The number of ether oxygens (including phenoxy) is 2. The highest BCUT2D eigenvalue weighted by molar-refractivity contribution is 5.97. The largest absolute Gasteiger partial charge is 0.486 e. The Kier molecular flexibility index (Phi) is 3.64. The lowest BCUT2D eigenvalue weighted by Crippen LogP contribution is -2.16. The lowest BCUT2D eigenvalue weighted by Gasteiger charge is -2.18. The average Bonchev–Trinajstić information content (AvgIpc) is 3.36. The zero-order valence-electron chi connectivity index (χ0n) is 14.3. The smallest absolute Gasteiger partial charge is 0.170 e. The number of Topliss-reactive ketones (excluding diaryl/α,β-unsaturated/α-hetero) is 1. The van der Waals surface area contributed by atoms with Crippen LogP contribution >= 0.6 is 0 Å². The van der Waals surface area contributed by atoms with Gasteiger partial charge >= 0.3 is 0 Å². The van der Waals surface area contributed by atoms with Crippen LogP contribution in [0.3, 0.4) is 0 Å². The number of pyridine rings is 1. The normalized spacial score (nSPS) is 13.0. The van der Waals surface area contributed by atoms with Gasteiger partial charge in [0.15, 0.2) is 28.8 Å². The molecule has 27 heavy (non-hydrogen) atoms. The summed E-state index contributed by atoms with van der Waals surface area (Å²) >= 11 is 0. The van der Waals surface area contributed by atoms with Gasteiger partial charge in [0, 0.05) is 11.1 Å². The van der Waals surface area contributed by atoms with Crippen molar-refractivity contribution in [2.75, 3.05) is 13.2 Å². The zero-order valence-corrected chi connectivity index (χ0v) is 14.3. The average molecular weight is 361 g/mol. The van der Waals surface area contributed by atoms with E-state index in [9.17, 15) is 4.79 Å². The highest BCUT2D eigenvalue weighted by Gasteiger charge is 2.17. The third kappa shape index (κ3) is 2.83. The van der Waals surface area contributed by atoms with E-state index in [-0.39, 0.29) is 12.2 Å². The first-order valence-electron chi connectivity index (χ1n) is 8.58. The molecule has 134 valence electrons. The van der Waals surface area contributed by atoms with Crippen LogP contribution in [-0.4, -0.2) is 33.6 Å². The third-order valence-corrected chi connectivity index (χ3v) is 4.40. The van der Waals surface area contributed by atoms with Crippen LogP contribution in [0.1, 0.15) is 16.2 Å². The highest BCUT2D eigenvalue weighted by Crippen LogP contribution is 2.31. The summed E-state index contributed by atoms with van der Waals surface area (Å²) in [5, 5.41) is 4.51. The second-order valence-electron chi connectivity index (χ2n) is 6.18. The van der Waals surface area contributed by atoms with Crippen molar-refractivity contribution in [3.63, 3.8) is 0 Å². The van der Waals surface area contributed by atoms with Crippen molar-refractivity contribution in [1.29, 1.82) is 0 Å². The van der Waals surface area contributed by atoms with Crippen LogP contribution in [0.25, 0.3) is 16.9 Å². The maximum absolute atomic E-state index is 12.7. The molecule has 3 aromatic heterocycles. The molecule has 0 aliphatic carbocycles. The van der Waals surface area contributed by atoms with Gasteiger partial charge in [-0.3, -0.25) is 4.79 Å². The minimum absolute atomic E-state index is 0.0762. The Labute approximate surface area is 154 Å². The molecule has 0 spiro atoms. The van der Waals surface area contributed by atoms with E-state index in [1.54, 1.807) is 35.2 Å². The van der Waals surface area contributed by atoms with Gasteiger partial charge < -0.3 is 13.9 Å². The third-order valence-electron chi connectivity index (χ3n) is 4.40. The monoisotopic (exact) mass is 361 g/mol. The standard InChI is InChI=1S/C20H15N3O4/c24-16(13-4-5-17-18(10-13)27-9-8-26-17)11-19-21-20-3-1-2-15(23(20)22-19)14-6-7-25-12-14/h1-7,10,12H,8-9,11H2. The van der Waals surface area contributed by atoms with E-state index in [1.807, 2.05) is 24.3 Å². The number of carbonyl (C=O) groups excluding carboxylic acids is 1. The lowest BCUT2D eigenvalue weighted by molar-refractivity contribution is 0.0989. The summed E-state index contributed by atoms with van der Waals surface area (Å²) in [6.45, 7) is 1.000. The number of nitrogens with zero attached hydrogens (tertiary/aromatic N) is 3. The SMILES string of the molecule is O=C(Cc1nc2cccc(-c3ccoc3)n2n1)c1ccc2c(c1)OCCO2. The van der Waals surface area contributed by atoms with Gasteiger partial charge in [0.25, 0.3) is 0 Å². The van der Waals surface area contributed by atoms with Crippen molar-refractivity contribution < 1.29 is 18.7 Å². The fourth-order valence-corrected chi connectivity index (χ4v) is 3.12. The van der Waals surface area contributed by atoms with Gasteiger partial charge in [-0.2, -0.15) is 5.10 Å². The topological polar surface area (TPSA) is 78.9 Å². The molecule has 0 atom stereocenters. The van der Waals surface area contributed by atoms with Crippen molar-refractivity contribution in [3.05, 3.63) is 66.4 Å². The van der Waals surface area contributed by atoms with Gasteiger partial charge in [-0.15, -0.1) is 0 Å². The van der Waals surface area contributed by atoms with Gasteiger partial charge in [0.1, 0.15) is 13.2 Å². The summed E-state index contributed by atoms with van der Waals surface area (Å²) in [5.74, 6) is 1.64. The summed E-state index contributed by atoms with van der Waals surface area (Å²) in [6, 6.07) is 12.8. The minimum Gasteiger partial charge on any atom is -0.486 e. The molecule has 7 heteroatoms. The second-order valence-corrected chi connectivity index (χ2v) is 6.18. The number of aromatic nitrogens is 3. The van der Waals surface area contributed by atoms with Crippen molar-refractivity contribution in [2.24, 2.45) is 0 Å². The van der Waals surface area contributed by atoms with Crippen LogP contribution in [0.15, 0.2) is 59.4 Å². The van der Waals surface area contributed by atoms with E-state index in [0.29, 0.717) is 41.7 Å². The predicted octanol–water partition coefficient (Wildman–Crippen LogP) is 3.19. The van der Waals surface area contributed by atoms with Gasteiger partial charge in [0.05, 0.1) is 24.6 Å². The molecule has 1 aliphatic rings. The van der Waals surface area contributed by atoms with Crippen molar-refractivity contribution in [1.82, 2.24) is 14.6 Å². The number of fused-ring (bicyclic) bond motifs is 2. The molecule has 0 saturated heterocycles. The number of rotatable bonds is 4. The van der Waals surface area contributed by atoms with Crippen molar-refractivity contribution in [2.45, 2.75) is 6.42 Å². The fourth-order valence-electron chi connectivity index (χ4n) is 3.12. The molecule has 0 amide bonds. The molecule has 1 aliphatic heterocycles. The second kappa shape index (κ2) is 6.28. The van der Waals surface area contributed by atoms with E-state index in [1.165, 1.54) is 0 Å². The summed E-state index contributed by atoms with van der Waals surface area (Å²) in [7, 11) is 0. The Bertz CT molecular complexity index is 1130. The Morgan fingerprint density at radius 3 is 2.81 bits per heavy atom. The zero-order chi connectivity index (χ0) is 18.2.